The van der Waals surface area contributed by atoms with Crippen LogP contribution in [0.25, 0.3) is 0 Å². The number of phenolic OH excluding ortho intramolecular Hbond substituents is 1. The Hall–Kier alpha value is -4.08. The molecule has 1 saturated heterocycles. The Kier molecular flexibility index (Phi) is 20.3. The molecule has 14 nitrogen and oxygen atoms in total. The number of aromatic hydroxyl groups is 1. The minimum absolute atomic E-state index is 0.0885. The molecule has 0 aliphatic carbocycles. The summed E-state index contributed by atoms with van der Waals surface area (Å²) in [6.45, 7) is 13.3. The van der Waals surface area contributed by atoms with Crippen LogP contribution in [0.1, 0.15) is 79.7 Å². The highest BCUT2D eigenvalue weighted by atomic mass is 16.7. The van der Waals surface area contributed by atoms with Crippen molar-refractivity contribution in [2.24, 2.45) is 17.8 Å². The number of amides is 3. The Morgan fingerprint density at radius 2 is 1.82 bits per heavy atom. The zero-order chi connectivity index (χ0) is 41.2. The van der Waals surface area contributed by atoms with Gasteiger partial charge in [-0.2, -0.15) is 0 Å². The number of phenols is 1. The first-order valence-electron chi connectivity index (χ1n) is 19.3. The monoisotopic (exact) mass is 771 g/mol. The van der Waals surface area contributed by atoms with Crippen LogP contribution in [0.4, 0.5) is 0 Å². The Balaban J connectivity index is 2.25. The summed E-state index contributed by atoms with van der Waals surface area (Å²) in [6.07, 6.45) is 8.31. The second-order valence-corrected chi connectivity index (χ2v) is 14.7. The number of hydrogen-bond donors (Lipinski definition) is 6. The molecule has 14 heteroatoms. The quantitative estimate of drug-likeness (QED) is 0.0354. The van der Waals surface area contributed by atoms with E-state index in [4.69, 9.17) is 9.57 Å². The van der Waals surface area contributed by atoms with E-state index in [0.717, 1.165) is 16.2 Å². The van der Waals surface area contributed by atoms with E-state index in [-0.39, 0.29) is 17.6 Å². The molecule has 1 heterocycles. The number of rotatable bonds is 21. The average Bonchev–Trinajstić information content (AvgIpc) is 3.14. The van der Waals surface area contributed by atoms with Crippen molar-refractivity contribution in [1.82, 2.24) is 26.1 Å². The third kappa shape index (κ3) is 15.5. The highest BCUT2D eigenvalue weighted by Crippen LogP contribution is 2.22. The van der Waals surface area contributed by atoms with Gasteiger partial charge in [0.05, 0.1) is 25.2 Å². The van der Waals surface area contributed by atoms with Crippen LogP contribution in [0, 0.1) is 17.8 Å². The maximum atomic E-state index is 13.9. The average molecular weight is 772 g/mol. The number of esters is 1. The molecule has 6 N–H and O–H groups in total. The molecule has 0 aromatic heterocycles. The highest BCUT2D eigenvalue weighted by molar-refractivity contribution is 5.89. The zero-order valence-corrected chi connectivity index (χ0v) is 34.0. The molecule has 8 atom stereocenters. The fourth-order valence-corrected chi connectivity index (χ4v) is 6.26. The number of ether oxygens (including phenoxy) is 1. The summed E-state index contributed by atoms with van der Waals surface area (Å²) in [6, 6.07) is 4.70. The SMILES string of the molecule is C/C=C/C[C@H](OC(=O)C1CCCN(C[C@H](Cc2cccc(O)c2)NC(=O)[C@@H](NC(=O)[C@H](CC)[C@H](O)[C@@H](C)[C@H](C)O)C(C)C)N1)/C(C)=C/C=C/C(=O)N(C)OC. The lowest BCUT2D eigenvalue weighted by Crippen LogP contribution is -2.60. The molecule has 0 spiro atoms. The number of aliphatic hydroxyl groups excluding tert-OH is 2. The molecule has 0 radical (unpaired) electrons. The van der Waals surface area contributed by atoms with E-state index in [2.05, 4.69) is 16.1 Å². The van der Waals surface area contributed by atoms with Gasteiger partial charge in [-0.3, -0.25) is 24.0 Å². The number of likely N-dealkylation sites (N-methyl/N-ethyl adjacent to an activating group) is 1. The van der Waals surface area contributed by atoms with Gasteiger partial charge in [0, 0.05) is 44.6 Å². The Labute approximate surface area is 326 Å². The van der Waals surface area contributed by atoms with Crippen LogP contribution in [0.2, 0.25) is 0 Å². The predicted octanol–water partition coefficient (Wildman–Crippen LogP) is 3.33. The van der Waals surface area contributed by atoms with Crippen molar-refractivity contribution < 1.29 is 44.1 Å². The van der Waals surface area contributed by atoms with E-state index in [1.165, 1.54) is 20.2 Å². The summed E-state index contributed by atoms with van der Waals surface area (Å²) in [5.74, 6) is -3.23. The van der Waals surface area contributed by atoms with Gasteiger partial charge >= 0.3 is 5.97 Å². The van der Waals surface area contributed by atoms with Gasteiger partial charge in [0.25, 0.3) is 5.91 Å². The van der Waals surface area contributed by atoms with E-state index in [9.17, 15) is 34.5 Å². The summed E-state index contributed by atoms with van der Waals surface area (Å²) >= 11 is 0. The van der Waals surface area contributed by atoms with Gasteiger partial charge < -0.3 is 30.7 Å². The van der Waals surface area contributed by atoms with E-state index >= 15 is 0 Å². The summed E-state index contributed by atoms with van der Waals surface area (Å²) in [5, 5.41) is 40.0. The molecule has 3 amide bonds. The van der Waals surface area contributed by atoms with Crippen LogP contribution in [-0.2, 0) is 35.2 Å². The van der Waals surface area contributed by atoms with Gasteiger partial charge in [-0.25, -0.2) is 15.5 Å². The van der Waals surface area contributed by atoms with Gasteiger partial charge in [0.15, 0.2) is 0 Å². The first-order chi connectivity index (χ1) is 26.0. The number of carbonyl (C=O) groups excluding carboxylic acids is 4. The second kappa shape index (κ2) is 23.8. The fraction of sp³-hybridized carbons (Fsp3) is 0.610. The number of benzene rings is 1. The molecule has 1 aliphatic rings. The molecule has 0 bridgehead atoms. The van der Waals surface area contributed by atoms with Crippen LogP contribution in [0.15, 0.2) is 60.2 Å². The number of nitrogens with zero attached hydrogens (tertiary/aromatic N) is 2. The molecule has 1 aromatic carbocycles. The lowest BCUT2D eigenvalue weighted by molar-refractivity contribution is -0.162. The van der Waals surface area contributed by atoms with Crippen molar-refractivity contribution in [3.8, 4) is 5.75 Å². The van der Waals surface area contributed by atoms with Gasteiger partial charge in [-0.05, 0) is 75.6 Å². The smallest absolute Gasteiger partial charge is 0.325 e. The van der Waals surface area contributed by atoms with Gasteiger partial charge in [0.2, 0.25) is 11.8 Å². The van der Waals surface area contributed by atoms with E-state index in [1.807, 2.05) is 50.9 Å². The fourth-order valence-electron chi connectivity index (χ4n) is 6.26. The van der Waals surface area contributed by atoms with Crippen molar-refractivity contribution in [2.45, 2.75) is 117 Å². The zero-order valence-electron chi connectivity index (χ0n) is 34.0. The maximum Gasteiger partial charge on any atom is 0.325 e. The molecule has 1 aliphatic heterocycles. The lowest BCUT2D eigenvalue weighted by atomic mass is 9.86. The molecule has 308 valence electrons. The van der Waals surface area contributed by atoms with Crippen LogP contribution in [-0.4, -0.2) is 113 Å². The largest absolute Gasteiger partial charge is 0.508 e. The van der Waals surface area contributed by atoms with Crippen LogP contribution in [0.3, 0.4) is 0 Å². The Bertz CT molecular complexity index is 1480. The normalized spacial score (nSPS) is 19.3. The molecule has 2 rings (SSSR count). The number of hydrazine groups is 1. The molecule has 1 unspecified atom stereocenters. The van der Waals surface area contributed by atoms with Gasteiger partial charge in [-0.15, -0.1) is 0 Å². The summed E-state index contributed by atoms with van der Waals surface area (Å²) in [5.41, 5.74) is 4.83. The summed E-state index contributed by atoms with van der Waals surface area (Å²) in [7, 11) is 2.90. The lowest BCUT2D eigenvalue weighted by Gasteiger charge is -2.36. The van der Waals surface area contributed by atoms with Crippen LogP contribution >= 0.6 is 0 Å². The van der Waals surface area contributed by atoms with Crippen molar-refractivity contribution in [3.05, 3.63) is 65.8 Å². The molecule has 55 heavy (non-hydrogen) atoms. The number of hydrogen-bond acceptors (Lipinski definition) is 11. The third-order valence-electron chi connectivity index (χ3n) is 9.99. The van der Waals surface area contributed by atoms with E-state index in [0.29, 0.717) is 45.2 Å². The Morgan fingerprint density at radius 1 is 1.11 bits per heavy atom. The van der Waals surface area contributed by atoms with Crippen molar-refractivity contribution in [1.29, 1.82) is 0 Å². The summed E-state index contributed by atoms with van der Waals surface area (Å²) in [4.78, 5) is 57.9. The van der Waals surface area contributed by atoms with Crippen molar-refractivity contribution >= 4 is 23.7 Å². The molecule has 1 aromatic rings. The van der Waals surface area contributed by atoms with Crippen molar-refractivity contribution in [2.75, 3.05) is 27.2 Å². The number of carbonyl (C=O) groups is 4. The first-order valence-corrected chi connectivity index (χ1v) is 19.3. The molecular formula is C41H65N5O9. The number of nitrogens with one attached hydrogen (secondary N) is 3. The third-order valence-corrected chi connectivity index (χ3v) is 9.99. The first kappa shape index (κ1) is 47.1. The second-order valence-electron chi connectivity index (χ2n) is 14.7. The number of hydroxylamine groups is 2. The minimum atomic E-state index is -1.10. The van der Waals surface area contributed by atoms with E-state index < -0.39 is 66.1 Å². The maximum absolute atomic E-state index is 13.9. The number of aliphatic hydroxyl groups is 2. The van der Waals surface area contributed by atoms with Crippen molar-refractivity contribution in [3.63, 3.8) is 0 Å². The van der Waals surface area contributed by atoms with Gasteiger partial charge in [-0.1, -0.05) is 64.1 Å². The standard InChI is InChI=1S/C41H65N5O9/c1-10-12-20-35(27(5)16-13-21-36(49)45(8)54-9)55-41(53)34-19-15-22-46(44-34)25-31(23-30-17-14-18-32(48)24-30)42-40(52)37(26(3)4)43-39(51)33(11-2)38(50)28(6)29(7)47/h10,12-14,16-18,21,24,26,28-29,31,33-35,37-38,44,47-48,50H,11,15,19-20,22-23,25H2,1-9H3,(H,42,52)(H,43,51)/b12-10+,21-13+,27-16+/t28-,29-,31-,33+,34?,35-,37-,38+/m0/s1. The Morgan fingerprint density at radius 3 is 2.42 bits per heavy atom. The summed E-state index contributed by atoms with van der Waals surface area (Å²) < 4.78 is 6.00. The minimum Gasteiger partial charge on any atom is -0.508 e. The van der Waals surface area contributed by atoms with E-state index in [1.54, 1.807) is 51.1 Å². The molecular weight excluding hydrogens is 706 g/mol. The molecule has 1 fully saturated rings. The van der Waals surface area contributed by atoms with Crippen LogP contribution in [0.5, 0.6) is 5.75 Å². The molecule has 0 saturated carbocycles. The predicted molar refractivity (Wildman–Crippen MR) is 211 cm³/mol. The topological polar surface area (TPSA) is 190 Å². The number of allylic oxidation sites excluding steroid dienone is 3. The highest BCUT2D eigenvalue weighted by Gasteiger charge is 2.36. The van der Waals surface area contributed by atoms with Gasteiger partial charge in [0.1, 0.15) is 23.9 Å². The van der Waals surface area contributed by atoms with Crippen LogP contribution < -0.4 is 16.1 Å².